The molecule has 0 aliphatic carbocycles. The number of nitrogens with one attached hydrogen (secondary N) is 1. The molecule has 9 nitrogen and oxygen atoms in total. The van der Waals surface area contributed by atoms with Crippen LogP contribution in [0.5, 0.6) is 0 Å². The van der Waals surface area contributed by atoms with Crippen LogP contribution >= 0.6 is 0 Å². The summed E-state index contributed by atoms with van der Waals surface area (Å²) in [6, 6.07) is 0. The number of imidazole rings is 1. The Balaban J connectivity index is 1.71. The van der Waals surface area contributed by atoms with Gasteiger partial charge in [-0.3, -0.25) is 4.57 Å². The first-order valence-electron chi connectivity index (χ1n) is 8.01. The molecular formula is C16H19N5O4. The van der Waals surface area contributed by atoms with Crippen molar-refractivity contribution in [1.82, 2.24) is 19.5 Å². The average Bonchev–Trinajstić information content (AvgIpc) is 3.23. The molecule has 0 saturated carbocycles. The van der Waals surface area contributed by atoms with Gasteiger partial charge in [-0.1, -0.05) is 5.92 Å². The van der Waals surface area contributed by atoms with Crippen LogP contribution in [0, 0.1) is 12.3 Å². The number of hydrogen-bond donors (Lipinski definition) is 2. The molecule has 0 bridgehead atoms. The predicted molar refractivity (Wildman–Crippen MR) is 87.5 cm³/mol. The highest BCUT2D eigenvalue weighted by Gasteiger charge is 2.55. The third-order valence-corrected chi connectivity index (χ3v) is 4.30. The SMILES string of the molecule is C#CCNc1ncnc2c1ncn2[C@@H]1O[C@H](CO)[C@H]2OC(C)(C)O[C@H]21. The molecule has 2 saturated heterocycles. The second-order valence-corrected chi connectivity index (χ2v) is 6.42. The lowest BCUT2D eigenvalue weighted by atomic mass is 10.1. The second-order valence-electron chi connectivity index (χ2n) is 6.42. The van der Waals surface area contributed by atoms with Crippen molar-refractivity contribution in [3.8, 4) is 12.3 Å². The van der Waals surface area contributed by atoms with Crippen molar-refractivity contribution >= 4 is 17.0 Å². The number of aliphatic hydroxyl groups is 1. The number of hydrogen-bond acceptors (Lipinski definition) is 8. The second kappa shape index (κ2) is 5.93. The van der Waals surface area contributed by atoms with E-state index in [0.29, 0.717) is 23.5 Å². The zero-order valence-electron chi connectivity index (χ0n) is 13.9. The molecule has 0 amide bonds. The monoisotopic (exact) mass is 345 g/mol. The normalized spacial score (nSPS) is 30.3. The molecule has 2 aromatic heterocycles. The summed E-state index contributed by atoms with van der Waals surface area (Å²) in [4.78, 5) is 12.9. The third kappa shape index (κ3) is 2.63. The smallest absolute Gasteiger partial charge is 0.167 e. The first-order valence-corrected chi connectivity index (χ1v) is 8.01. The molecule has 4 heterocycles. The number of rotatable bonds is 4. The van der Waals surface area contributed by atoms with Crippen molar-refractivity contribution in [2.75, 3.05) is 18.5 Å². The standard InChI is InChI=1S/C16H19N5O4/c1-4-5-17-13-10-14(19-7-18-13)21(8-20-10)15-12-11(9(6-22)23-15)24-16(2,3)25-12/h1,7-9,11-12,15,22H,5-6H2,2-3H3,(H,17,18,19)/t9-,11-,12-,15-/m1/s1. The quantitative estimate of drug-likeness (QED) is 0.762. The van der Waals surface area contributed by atoms with E-state index in [9.17, 15) is 5.11 Å². The summed E-state index contributed by atoms with van der Waals surface area (Å²) in [5.41, 5.74) is 1.17. The minimum atomic E-state index is -0.740. The number of fused-ring (bicyclic) bond motifs is 2. The fourth-order valence-corrected chi connectivity index (χ4v) is 3.33. The van der Waals surface area contributed by atoms with Gasteiger partial charge in [0.1, 0.15) is 24.6 Å². The first-order chi connectivity index (χ1) is 12.0. The predicted octanol–water partition coefficient (Wildman–Crippen LogP) is 0.281. The van der Waals surface area contributed by atoms with Gasteiger partial charge in [0, 0.05) is 0 Å². The molecule has 4 atom stereocenters. The van der Waals surface area contributed by atoms with E-state index in [1.165, 1.54) is 6.33 Å². The topological polar surface area (TPSA) is 104 Å². The van der Waals surface area contributed by atoms with E-state index >= 15 is 0 Å². The van der Waals surface area contributed by atoms with Crippen LogP contribution in [0.2, 0.25) is 0 Å². The van der Waals surface area contributed by atoms with E-state index in [0.717, 1.165) is 0 Å². The van der Waals surface area contributed by atoms with Crippen LogP contribution in [0.3, 0.4) is 0 Å². The summed E-state index contributed by atoms with van der Waals surface area (Å²) in [5.74, 6) is 2.31. The molecule has 9 heteroatoms. The maximum Gasteiger partial charge on any atom is 0.167 e. The van der Waals surface area contributed by atoms with E-state index in [-0.39, 0.29) is 18.8 Å². The zero-order valence-corrected chi connectivity index (χ0v) is 13.9. The Bertz CT molecular complexity index is 830. The summed E-state index contributed by atoms with van der Waals surface area (Å²) in [7, 11) is 0. The van der Waals surface area contributed by atoms with Crippen LogP contribution in [0.25, 0.3) is 11.2 Å². The van der Waals surface area contributed by atoms with Crippen molar-refractivity contribution in [3.05, 3.63) is 12.7 Å². The lowest BCUT2D eigenvalue weighted by Gasteiger charge is -2.24. The molecule has 2 aliphatic heterocycles. The highest BCUT2D eigenvalue weighted by atomic mass is 16.8. The van der Waals surface area contributed by atoms with Crippen LogP contribution in [0.1, 0.15) is 20.1 Å². The fourth-order valence-electron chi connectivity index (χ4n) is 3.33. The Hall–Kier alpha value is -2.25. The molecule has 2 aromatic rings. The van der Waals surface area contributed by atoms with E-state index in [1.54, 1.807) is 10.9 Å². The van der Waals surface area contributed by atoms with Crippen molar-refractivity contribution in [3.63, 3.8) is 0 Å². The van der Waals surface area contributed by atoms with Crippen LogP contribution in [0.4, 0.5) is 5.82 Å². The van der Waals surface area contributed by atoms with Gasteiger partial charge in [0.25, 0.3) is 0 Å². The fraction of sp³-hybridized carbons (Fsp3) is 0.562. The van der Waals surface area contributed by atoms with Gasteiger partial charge >= 0.3 is 0 Å². The number of aromatic nitrogens is 4. The van der Waals surface area contributed by atoms with Crippen molar-refractivity contribution in [1.29, 1.82) is 0 Å². The van der Waals surface area contributed by atoms with Gasteiger partial charge in [-0.25, -0.2) is 15.0 Å². The van der Waals surface area contributed by atoms with Crippen molar-refractivity contribution in [2.24, 2.45) is 0 Å². The molecule has 0 spiro atoms. The summed E-state index contributed by atoms with van der Waals surface area (Å²) in [6.45, 7) is 3.86. The maximum atomic E-state index is 9.61. The number of nitrogens with zero attached hydrogens (tertiary/aromatic N) is 4. The van der Waals surface area contributed by atoms with Gasteiger partial charge in [-0.15, -0.1) is 6.42 Å². The lowest BCUT2D eigenvalue weighted by molar-refractivity contribution is -0.199. The van der Waals surface area contributed by atoms with Crippen LogP contribution in [-0.2, 0) is 14.2 Å². The minimum Gasteiger partial charge on any atom is -0.394 e. The number of aliphatic hydroxyl groups excluding tert-OH is 1. The van der Waals surface area contributed by atoms with Crippen LogP contribution in [-0.4, -0.2) is 61.9 Å². The van der Waals surface area contributed by atoms with E-state index in [1.807, 2.05) is 13.8 Å². The van der Waals surface area contributed by atoms with E-state index < -0.39 is 18.1 Å². The minimum absolute atomic E-state index is 0.159. The Morgan fingerprint density at radius 1 is 1.32 bits per heavy atom. The molecule has 2 fully saturated rings. The highest BCUT2D eigenvalue weighted by Crippen LogP contribution is 2.43. The Labute approximate surface area is 144 Å². The Morgan fingerprint density at radius 2 is 2.12 bits per heavy atom. The van der Waals surface area contributed by atoms with Gasteiger partial charge < -0.3 is 24.6 Å². The van der Waals surface area contributed by atoms with Gasteiger partial charge in [-0.2, -0.15) is 0 Å². The van der Waals surface area contributed by atoms with Gasteiger partial charge in [-0.05, 0) is 13.8 Å². The molecule has 0 aromatic carbocycles. The molecular weight excluding hydrogens is 326 g/mol. The van der Waals surface area contributed by atoms with Crippen LogP contribution < -0.4 is 5.32 Å². The lowest BCUT2D eigenvalue weighted by Crippen LogP contribution is -2.31. The molecule has 25 heavy (non-hydrogen) atoms. The molecule has 4 rings (SSSR count). The van der Waals surface area contributed by atoms with Gasteiger partial charge in [0.05, 0.1) is 19.5 Å². The largest absolute Gasteiger partial charge is 0.394 e. The molecule has 0 radical (unpaired) electrons. The molecule has 2 N–H and O–H groups in total. The third-order valence-electron chi connectivity index (χ3n) is 4.30. The number of anilines is 1. The molecule has 2 aliphatic rings. The average molecular weight is 345 g/mol. The molecule has 0 unspecified atom stereocenters. The maximum absolute atomic E-state index is 9.61. The van der Waals surface area contributed by atoms with Gasteiger partial charge in [0.15, 0.2) is 29.0 Å². The summed E-state index contributed by atoms with van der Waals surface area (Å²) >= 11 is 0. The van der Waals surface area contributed by atoms with E-state index in [4.69, 9.17) is 20.6 Å². The summed E-state index contributed by atoms with van der Waals surface area (Å²) in [5, 5.41) is 12.6. The van der Waals surface area contributed by atoms with Crippen LogP contribution in [0.15, 0.2) is 12.7 Å². The first kappa shape index (κ1) is 16.2. The summed E-state index contributed by atoms with van der Waals surface area (Å²) in [6.07, 6.45) is 6.62. The number of terminal acetylenes is 1. The molecule has 132 valence electrons. The van der Waals surface area contributed by atoms with E-state index in [2.05, 4.69) is 26.2 Å². The van der Waals surface area contributed by atoms with Crippen molar-refractivity contribution in [2.45, 2.75) is 44.2 Å². The Morgan fingerprint density at radius 3 is 2.88 bits per heavy atom. The number of ether oxygens (including phenoxy) is 3. The van der Waals surface area contributed by atoms with Gasteiger partial charge in [0.2, 0.25) is 0 Å². The summed E-state index contributed by atoms with van der Waals surface area (Å²) < 4.78 is 19.6. The zero-order chi connectivity index (χ0) is 17.6. The van der Waals surface area contributed by atoms with Crippen molar-refractivity contribution < 1.29 is 19.3 Å². The highest BCUT2D eigenvalue weighted by molar-refractivity contribution is 5.82. The Kier molecular flexibility index (Phi) is 3.85.